The third kappa shape index (κ3) is 3.83. The first-order valence-electron chi connectivity index (χ1n) is 5.48. The molecular weight excluding hydrogens is 215 g/mol. The lowest BCUT2D eigenvalue weighted by molar-refractivity contribution is -0.137. The first kappa shape index (κ1) is 13.0. The summed E-state index contributed by atoms with van der Waals surface area (Å²) in [6.07, 6.45) is -0.676. The number of aromatic nitrogens is 1. The third-order valence-corrected chi connectivity index (χ3v) is 2.37. The van der Waals surface area contributed by atoms with Crippen LogP contribution in [-0.2, 0) is 12.6 Å². The van der Waals surface area contributed by atoms with Gasteiger partial charge in [-0.2, -0.15) is 13.2 Å². The molecule has 0 spiro atoms. The van der Waals surface area contributed by atoms with Gasteiger partial charge in [0.15, 0.2) is 0 Å². The Balaban J connectivity index is 2.82. The fraction of sp³-hybridized carbons (Fsp3) is 0.583. The molecule has 0 aliphatic rings. The summed E-state index contributed by atoms with van der Waals surface area (Å²) in [5, 5.41) is 0. The SMILES string of the molecule is CCCCCc1cc(C(F)(F)F)cc(C)n1. The predicted octanol–water partition coefficient (Wildman–Crippen LogP) is 4.14. The van der Waals surface area contributed by atoms with Crippen LogP contribution in [0.25, 0.3) is 0 Å². The van der Waals surface area contributed by atoms with Crippen LogP contribution in [0.1, 0.15) is 43.1 Å². The average molecular weight is 231 g/mol. The number of alkyl halides is 3. The van der Waals surface area contributed by atoms with Crippen LogP contribution < -0.4 is 0 Å². The zero-order valence-corrected chi connectivity index (χ0v) is 9.56. The molecule has 0 atom stereocenters. The van der Waals surface area contributed by atoms with E-state index in [1.165, 1.54) is 0 Å². The maximum absolute atomic E-state index is 12.5. The number of hydrogen-bond acceptors (Lipinski definition) is 1. The summed E-state index contributed by atoms with van der Waals surface area (Å²) in [6.45, 7) is 3.66. The lowest BCUT2D eigenvalue weighted by Gasteiger charge is -2.09. The quantitative estimate of drug-likeness (QED) is 0.709. The van der Waals surface area contributed by atoms with Gasteiger partial charge in [0.25, 0.3) is 0 Å². The van der Waals surface area contributed by atoms with Crippen molar-refractivity contribution in [2.24, 2.45) is 0 Å². The highest BCUT2D eigenvalue weighted by atomic mass is 19.4. The van der Waals surface area contributed by atoms with Crippen LogP contribution in [-0.4, -0.2) is 4.98 Å². The van der Waals surface area contributed by atoms with E-state index in [2.05, 4.69) is 11.9 Å². The van der Waals surface area contributed by atoms with Crippen molar-refractivity contribution in [2.45, 2.75) is 45.7 Å². The van der Waals surface area contributed by atoms with Crippen LogP contribution in [0, 0.1) is 6.92 Å². The maximum Gasteiger partial charge on any atom is 0.416 e. The Morgan fingerprint density at radius 2 is 1.88 bits per heavy atom. The summed E-state index contributed by atoms with van der Waals surface area (Å²) >= 11 is 0. The van der Waals surface area contributed by atoms with Gasteiger partial charge in [-0.3, -0.25) is 4.98 Å². The Morgan fingerprint density at radius 1 is 1.19 bits per heavy atom. The molecule has 1 aromatic heterocycles. The number of nitrogens with zero attached hydrogens (tertiary/aromatic N) is 1. The highest BCUT2D eigenvalue weighted by Gasteiger charge is 2.31. The summed E-state index contributed by atoms with van der Waals surface area (Å²) in [6, 6.07) is 2.24. The molecule has 0 aliphatic carbocycles. The summed E-state index contributed by atoms with van der Waals surface area (Å²) in [4.78, 5) is 4.12. The molecule has 90 valence electrons. The molecule has 0 fully saturated rings. The van der Waals surface area contributed by atoms with Crippen molar-refractivity contribution >= 4 is 0 Å². The van der Waals surface area contributed by atoms with Gasteiger partial charge in [-0.1, -0.05) is 19.8 Å². The molecule has 0 N–H and O–H groups in total. The van der Waals surface area contributed by atoms with E-state index in [0.717, 1.165) is 31.4 Å². The molecule has 1 nitrogen and oxygen atoms in total. The molecule has 1 rings (SSSR count). The normalized spacial score (nSPS) is 11.8. The minimum atomic E-state index is -4.27. The summed E-state index contributed by atoms with van der Waals surface area (Å²) < 4.78 is 37.5. The van der Waals surface area contributed by atoms with E-state index in [1.807, 2.05) is 0 Å². The van der Waals surface area contributed by atoms with Crippen molar-refractivity contribution < 1.29 is 13.2 Å². The summed E-state index contributed by atoms with van der Waals surface area (Å²) in [5.41, 5.74) is 0.383. The monoisotopic (exact) mass is 231 g/mol. The molecule has 0 saturated carbocycles. The number of hydrogen-bond donors (Lipinski definition) is 0. The van der Waals surface area contributed by atoms with Gasteiger partial charge in [0.1, 0.15) is 0 Å². The Hall–Kier alpha value is -1.06. The molecule has 4 heteroatoms. The number of unbranched alkanes of at least 4 members (excludes halogenated alkanes) is 2. The topological polar surface area (TPSA) is 12.9 Å². The van der Waals surface area contributed by atoms with Crippen LogP contribution in [0.5, 0.6) is 0 Å². The first-order chi connectivity index (χ1) is 7.43. The molecule has 1 aromatic rings. The Morgan fingerprint density at radius 3 is 2.44 bits per heavy atom. The van der Waals surface area contributed by atoms with Gasteiger partial charge in [-0.15, -0.1) is 0 Å². The van der Waals surface area contributed by atoms with Crippen LogP contribution in [0.2, 0.25) is 0 Å². The van der Waals surface area contributed by atoms with E-state index in [4.69, 9.17) is 0 Å². The molecule has 16 heavy (non-hydrogen) atoms. The van der Waals surface area contributed by atoms with Gasteiger partial charge in [-0.25, -0.2) is 0 Å². The fourth-order valence-corrected chi connectivity index (χ4v) is 1.59. The molecular formula is C12H16F3N. The van der Waals surface area contributed by atoms with E-state index >= 15 is 0 Å². The second-order valence-electron chi connectivity index (χ2n) is 3.94. The lowest BCUT2D eigenvalue weighted by Crippen LogP contribution is -2.07. The van der Waals surface area contributed by atoms with Gasteiger partial charge in [0, 0.05) is 11.4 Å². The predicted molar refractivity (Wildman–Crippen MR) is 57.2 cm³/mol. The molecule has 1 heterocycles. The Labute approximate surface area is 93.7 Å². The van der Waals surface area contributed by atoms with Crippen LogP contribution in [0.4, 0.5) is 13.2 Å². The Bertz CT molecular complexity index is 345. The van der Waals surface area contributed by atoms with Crippen molar-refractivity contribution in [1.82, 2.24) is 4.98 Å². The molecule has 0 aromatic carbocycles. The van der Waals surface area contributed by atoms with Gasteiger partial charge in [0.2, 0.25) is 0 Å². The molecule has 0 radical (unpaired) electrons. The molecule has 0 aliphatic heterocycles. The van der Waals surface area contributed by atoms with Crippen molar-refractivity contribution in [1.29, 1.82) is 0 Å². The minimum absolute atomic E-state index is 0.432. The van der Waals surface area contributed by atoms with Gasteiger partial charge < -0.3 is 0 Å². The average Bonchev–Trinajstić information content (AvgIpc) is 2.16. The van der Waals surface area contributed by atoms with Gasteiger partial charge >= 0.3 is 6.18 Å². The highest BCUT2D eigenvalue weighted by Crippen LogP contribution is 2.30. The molecule has 0 saturated heterocycles. The van der Waals surface area contributed by atoms with E-state index in [1.54, 1.807) is 6.92 Å². The van der Waals surface area contributed by atoms with Crippen LogP contribution in [0.15, 0.2) is 12.1 Å². The Kier molecular flexibility index (Phi) is 4.33. The molecule has 0 amide bonds. The first-order valence-corrected chi connectivity index (χ1v) is 5.48. The van der Waals surface area contributed by atoms with Crippen molar-refractivity contribution in [2.75, 3.05) is 0 Å². The number of pyridine rings is 1. The van der Waals surface area contributed by atoms with E-state index in [-0.39, 0.29) is 0 Å². The number of aryl methyl sites for hydroxylation is 2. The standard InChI is InChI=1S/C12H16F3N/c1-3-4-5-6-11-8-10(12(13,14)15)7-9(2)16-11/h7-8H,3-6H2,1-2H3. The van der Waals surface area contributed by atoms with Crippen molar-refractivity contribution in [3.63, 3.8) is 0 Å². The van der Waals surface area contributed by atoms with E-state index < -0.39 is 11.7 Å². The second kappa shape index (κ2) is 5.32. The van der Waals surface area contributed by atoms with E-state index in [0.29, 0.717) is 17.8 Å². The zero-order valence-electron chi connectivity index (χ0n) is 9.56. The minimum Gasteiger partial charge on any atom is -0.258 e. The van der Waals surface area contributed by atoms with Gasteiger partial charge in [-0.05, 0) is 31.9 Å². The largest absolute Gasteiger partial charge is 0.416 e. The highest BCUT2D eigenvalue weighted by molar-refractivity contribution is 5.23. The third-order valence-electron chi connectivity index (χ3n) is 2.37. The molecule has 0 unspecified atom stereocenters. The summed E-state index contributed by atoms with van der Waals surface area (Å²) in [5.74, 6) is 0. The lowest BCUT2D eigenvalue weighted by atomic mass is 10.1. The number of halogens is 3. The van der Waals surface area contributed by atoms with Crippen LogP contribution >= 0.6 is 0 Å². The fourth-order valence-electron chi connectivity index (χ4n) is 1.59. The smallest absolute Gasteiger partial charge is 0.258 e. The number of rotatable bonds is 4. The zero-order chi connectivity index (χ0) is 12.2. The van der Waals surface area contributed by atoms with Crippen LogP contribution in [0.3, 0.4) is 0 Å². The summed E-state index contributed by atoms with van der Waals surface area (Å²) in [7, 11) is 0. The van der Waals surface area contributed by atoms with E-state index in [9.17, 15) is 13.2 Å². The molecule has 0 bridgehead atoms. The van der Waals surface area contributed by atoms with Crippen molar-refractivity contribution in [3.8, 4) is 0 Å². The maximum atomic E-state index is 12.5. The second-order valence-corrected chi connectivity index (χ2v) is 3.94. The van der Waals surface area contributed by atoms with Gasteiger partial charge in [0.05, 0.1) is 5.56 Å². The van der Waals surface area contributed by atoms with Crippen molar-refractivity contribution in [3.05, 3.63) is 29.1 Å².